The van der Waals surface area contributed by atoms with Gasteiger partial charge in [0.25, 0.3) is 5.91 Å². The summed E-state index contributed by atoms with van der Waals surface area (Å²) in [7, 11) is 0. The van der Waals surface area contributed by atoms with Crippen molar-refractivity contribution in [2.24, 2.45) is 0 Å². The second-order valence-corrected chi connectivity index (χ2v) is 7.99. The van der Waals surface area contributed by atoms with Crippen molar-refractivity contribution in [2.45, 2.75) is 6.54 Å². The lowest BCUT2D eigenvalue weighted by atomic mass is 10.1. The van der Waals surface area contributed by atoms with E-state index in [1.807, 2.05) is 23.1 Å². The smallest absolute Gasteiger partial charge is 0.255 e. The van der Waals surface area contributed by atoms with Gasteiger partial charge in [-0.1, -0.05) is 33.6 Å². The first-order chi connectivity index (χ1) is 13.1. The molecule has 142 valence electrons. The van der Waals surface area contributed by atoms with Crippen LogP contribution in [-0.2, 0) is 6.54 Å². The van der Waals surface area contributed by atoms with Gasteiger partial charge in [-0.2, -0.15) is 0 Å². The Bertz CT molecular complexity index is 853. The highest BCUT2D eigenvalue weighted by Gasteiger charge is 2.24. The molecule has 7 heteroatoms. The normalized spacial score (nSPS) is 17.0. The first-order valence-electron chi connectivity index (χ1n) is 8.95. The Morgan fingerprint density at radius 2 is 1.74 bits per heavy atom. The van der Waals surface area contributed by atoms with E-state index < -0.39 is 0 Å². The van der Waals surface area contributed by atoms with Crippen LogP contribution in [0, 0.1) is 0 Å². The number of hydrogen-bond donors (Lipinski definition) is 0. The topological polar surface area (TPSA) is 42.0 Å². The molecule has 0 spiro atoms. The molecule has 5 nitrogen and oxygen atoms in total. The molecule has 4 rings (SSSR count). The summed E-state index contributed by atoms with van der Waals surface area (Å²) in [4.78, 5) is 17.0. The van der Waals surface area contributed by atoms with Gasteiger partial charge in [0.15, 0.2) is 11.5 Å². The van der Waals surface area contributed by atoms with Gasteiger partial charge in [0.05, 0.1) is 10.6 Å². The maximum absolute atomic E-state index is 12.8. The fraction of sp³-hybridized carbons (Fsp3) is 0.350. The van der Waals surface area contributed by atoms with Crippen LogP contribution in [0.15, 0.2) is 40.9 Å². The number of nitrogens with zero attached hydrogens (tertiary/aromatic N) is 2. The molecule has 2 aromatic rings. The molecule has 0 aliphatic carbocycles. The molecule has 0 aromatic heterocycles. The van der Waals surface area contributed by atoms with Crippen LogP contribution in [-0.4, -0.2) is 55.1 Å². The Kier molecular flexibility index (Phi) is 5.57. The third kappa shape index (κ3) is 4.23. The fourth-order valence-electron chi connectivity index (χ4n) is 3.39. The molecule has 2 heterocycles. The number of hydrogen-bond acceptors (Lipinski definition) is 4. The monoisotopic (exact) mass is 450 g/mol. The minimum absolute atomic E-state index is 0.0136. The number of benzene rings is 2. The molecule has 1 fully saturated rings. The Morgan fingerprint density at radius 3 is 2.52 bits per heavy atom. The number of carbonyl (C=O) groups excluding carboxylic acids is 1. The lowest BCUT2D eigenvalue weighted by Crippen LogP contribution is -2.48. The second-order valence-electron chi connectivity index (χ2n) is 6.67. The van der Waals surface area contributed by atoms with Gasteiger partial charge in [-0.05, 0) is 35.9 Å². The Balaban J connectivity index is 1.36. The zero-order chi connectivity index (χ0) is 18.8. The molecular weight excluding hydrogens is 432 g/mol. The predicted molar refractivity (Wildman–Crippen MR) is 108 cm³/mol. The van der Waals surface area contributed by atoms with E-state index in [0.717, 1.165) is 35.6 Å². The van der Waals surface area contributed by atoms with Crippen molar-refractivity contribution >= 4 is 33.4 Å². The van der Waals surface area contributed by atoms with Crippen LogP contribution in [0.2, 0.25) is 5.02 Å². The van der Waals surface area contributed by atoms with E-state index in [4.69, 9.17) is 21.1 Å². The van der Waals surface area contributed by atoms with Gasteiger partial charge in [0, 0.05) is 37.2 Å². The summed E-state index contributed by atoms with van der Waals surface area (Å²) >= 11 is 9.61. The van der Waals surface area contributed by atoms with Crippen LogP contribution in [0.25, 0.3) is 0 Å². The van der Waals surface area contributed by atoms with Crippen LogP contribution < -0.4 is 9.47 Å². The minimum Gasteiger partial charge on any atom is -0.486 e. The molecule has 2 aliphatic rings. The van der Waals surface area contributed by atoms with Gasteiger partial charge in [0.2, 0.25) is 0 Å². The zero-order valence-corrected chi connectivity index (χ0v) is 17.1. The molecular formula is C20H20BrClN2O3. The number of rotatable bonds is 3. The minimum atomic E-state index is -0.0136. The SMILES string of the molecule is O=C(c1cc(Br)ccc1Cl)N1CCN(Cc2ccc3c(c2)OCCO3)CC1. The van der Waals surface area contributed by atoms with Crippen molar-refractivity contribution in [1.29, 1.82) is 0 Å². The molecule has 0 saturated carbocycles. The number of halogens is 2. The van der Waals surface area contributed by atoms with Gasteiger partial charge < -0.3 is 14.4 Å². The molecule has 0 N–H and O–H groups in total. The van der Waals surface area contributed by atoms with Crippen molar-refractivity contribution in [3.05, 3.63) is 57.0 Å². The standard InChI is InChI=1S/C20H20BrClN2O3/c21-15-2-3-17(22)16(12-15)20(25)24-7-5-23(6-8-24)13-14-1-4-18-19(11-14)27-10-9-26-18/h1-4,11-12H,5-10,13H2. The number of ether oxygens (including phenoxy) is 2. The third-order valence-electron chi connectivity index (χ3n) is 4.83. The Morgan fingerprint density at radius 1 is 1.00 bits per heavy atom. The highest BCUT2D eigenvalue weighted by atomic mass is 79.9. The van der Waals surface area contributed by atoms with Crippen molar-refractivity contribution in [3.8, 4) is 11.5 Å². The van der Waals surface area contributed by atoms with Crippen LogP contribution in [0.1, 0.15) is 15.9 Å². The van der Waals surface area contributed by atoms with Crippen molar-refractivity contribution in [3.63, 3.8) is 0 Å². The van der Waals surface area contributed by atoms with Crippen LogP contribution in [0.3, 0.4) is 0 Å². The van der Waals surface area contributed by atoms with E-state index in [-0.39, 0.29) is 5.91 Å². The van der Waals surface area contributed by atoms with Crippen molar-refractivity contribution < 1.29 is 14.3 Å². The largest absolute Gasteiger partial charge is 0.486 e. The molecule has 1 amide bonds. The van der Waals surface area contributed by atoms with Crippen molar-refractivity contribution in [1.82, 2.24) is 9.80 Å². The summed E-state index contributed by atoms with van der Waals surface area (Å²) in [6.07, 6.45) is 0. The Hall–Kier alpha value is -1.76. The average molecular weight is 452 g/mol. The van der Waals surface area contributed by atoms with Crippen LogP contribution in [0.5, 0.6) is 11.5 Å². The summed E-state index contributed by atoms with van der Waals surface area (Å²) < 4.78 is 12.1. The highest BCUT2D eigenvalue weighted by molar-refractivity contribution is 9.10. The zero-order valence-electron chi connectivity index (χ0n) is 14.8. The summed E-state index contributed by atoms with van der Waals surface area (Å²) in [6.45, 7) is 5.05. The van der Waals surface area contributed by atoms with Crippen LogP contribution in [0.4, 0.5) is 0 Å². The van der Waals surface area contributed by atoms with Gasteiger partial charge in [-0.3, -0.25) is 9.69 Å². The van der Waals surface area contributed by atoms with E-state index >= 15 is 0 Å². The molecule has 2 aromatic carbocycles. The summed E-state index contributed by atoms with van der Waals surface area (Å²) in [6, 6.07) is 11.5. The summed E-state index contributed by atoms with van der Waals surface area (Å²) in [5, 5.41) is 0.488. The maximum Gasteiger partial charge on any atom is 0.255 e. The highest BCUT2D eigenvalue weighted by Crippen LogP contribution is 2.31. The third-order valence-corrected chi connectivity index (χ3v) is 5.65. The van der Waals surface area contributed by atoms with Crippen LogP contribution >= 0.6 is 27.5 Å². The average Bonchev–Trinajstić information content (AvgIpc) is 2.70. The van der Waals surface area contributed by atoms with E-state index in [9.17, 15) is 4.79 Å². The molecule has 0 atom stereocenters. The first kappa shape index (κ1) is 18.6. The van der Waals surface area contributed by atoms with Gasteiger partial charge in [-0.15, -0.1) is 0 Å². The van der Waals surface area contributed by atoms with Gasteiger partial charge >= 0.3 is 0 Å². The first-order valence-corrected chi connectivity index (χ1v) is 10.1. The van der Waals surface area contributed by atoms with E-state index in [0.29, 0.717) is 36.9 Å². The number of carbonyl (C=O) groups is 1. The predicted octanol–water partition coefficient (Wildman–Crippen LogP) is 3.83. The van der Waals surface area contributed by atoms with E-state index in [1.165, 1.54) is 5.56 Å². The number of fused-ring (bicyclic) bond motifs is 1. The van der Waals surface area contributed by atoms with Gasteiger partial charge in [-0.25, -0.2) is 0 Å². The lowest BCUT2D eigenvalue weighted by molar-refractivity contribution is 0.0628. The molecule has 1 saturated heterocycles. The Labute approximate surface area is 171 Å². The van der Waals surface area contributed by atoms with Crippen molar-refractivity contribution in [2.75, 3.05) is 39.4 Å². The molecule has 0 bridgehead atoms. The lowest BCUT2D eigenvalue weighted by Gasteiger charge is -2.35. The summed E-state index contributed by atoms with van der Waals surface area (Å²) in [5.74, 6) is 1.61. The number of piperazine rings is 1. The quantitative estimate of drug-likeness (QED) is 0.711. The van der Waals surface area contributed by atoms with Gasteiger partial charge in [0.1, 0.15) is 13.2 Å². The van der Waals surface area contributed by atoms with E-state index in [2.05, 4.69) is 26.9 Å². The number of amides is 1. The maximum atomic E-state index is 12.8. The second kappa shape index (κ2) is 8.09. The molecule has 0 unspecified atom stereocenters. The molecule has 2 aliphatic heterocycles. The van der Waals surface area contributed by atoms with E-state index in [1.54, 1.807) is 12.1 Å². The molecule has 0 radical (unpaired) electrons. The molecule has 27 heavy (non-hydrogen) atoms. The summed E-state index contributed by atoms with van der Waals surface area (Å²) in [5.41, 5.74) is 1.74. The fourth-order valence-corrected chi connectivity index (χ4v) is 3.94.